The highest BCUT2D eigenvalue weighted by atomic mass is 16.4. The van der Waals surface area contributed by atoms with Gasteiger partial charge in [0, 0.05) is 6.54 Å². The predicted molar refractivity (Wildman–Crippen MR) is 62.2 cm³/mol. The fourth-order valence-electron chi connectivity index (χ4n) is 2.90. The Hall–Kier alpha value is -1.22. The average molecular weight is 274 g/mol. The van der Waals surface area contributed by atoms with Gasteiger partial charge in [0.2, 0.25) is 5.91 Å². The summed E-state index contributed by atoms with van der Waals surface area (Å²) in [6.07, 6.45) is -1.90. The highest BCUT2D eigenvalue weighted by Crippen LogP contribution is 2.29. The molecule has 2 fully saturated rings. The first-order chi connectivity index (χ1) is 8.95. The van der Waals surface area contributed by atoms with Crippen molar-refractivity contribution < 1.29 is 30.0 Å². The SMILES string of the molecule is O=C(O)CN1CC[C@@H]2[C@H](O)[C@@H](O)[C@H](CO)N2C(=O)C1. The minimum atomic E-state index is -1.16. The maximum Gasteiger partial charge on any atom is 0.317 e. The topological polar surface area (TPSA) is 122 Å². The summed E-state index contributed by atoms with van der Waals surface area (Å²) < 4.78 is 0. The lowest BCUT2D eigenvalue weighted by Gasteiger charge is -2.27. The molecule has 19 heavy (non-hydrogen) atoms. The lowest BCUT2D eigenvalue weighted by molar-refractivity contribution is -0.139. The molecule has 4 atom stereocenters. The predicted octanol–water partition coefficient (Wildman–Crippen LogP) is -2.93. The van der Waals surface area contributed by atoms with E-state index in [2.05, 4.69) is 0 Å². The van der Waals surface area contributed by atoms with Crippen molar-refractivity contribution in [2.24, 2.45) is 0 Å². The van der Waals surface area contributed by atoms with Crippen molar-refractivity contribution in [3.05, 3.63) is 0 Å². The van der Waals surface area contributed by atoms with Crippen molar-refractivity contribution in [1.29, 1.82) is 0 Å². The molecule has 2 aliphatic heterocycles. The summed E-state index contributed by atoms with van der Waals surface area (Å²) in [7, 11) is 0. The van der Waals surface area contributed by atoms with E-state index >= 15 is 0 Å². The van der Waals surface area contributed by atoms with Crippen LogP contribution in [0, 0.1) is 0 Å². The second-order valence-corrected chi connectivity index (χ2v) is 4.99. The van der Waals surface area contributed by atoms with Gasteiger partial charge < -0.3 is 25.3 Å². The van der Waals surface area contributed by atoms with Crippen molar-refractivity contribution in [1.82, 2.24) is 9.80 Å². The van der Waals surface area contributed by atoms with Crippen LogP contribution in [0.4, 0.5) is 0 Å². The van der Waals surface area contributed by atoms with E-state index < -0.39 is 36.9 Å². The van der Waals surface area contributed by atoms with Gasteiger partial charge in [-0.1, -0.05) is 0 Å². The van der Waals surface area contributed by atoms with Crippen molar-refractivity contribution in [2.45, 2.75) is 30.7 Å². The fraction of sp³-hybridized carbons (Fsp3) is 0.818. The van der Waals surface area contributed by atoms with Crippen LogP contribution in [-0.4, -0.2) is 92.6 Å². The molecule has 8 heteroatoms. The van der Waals surface area contributed by atoms with Crippen LogP contribution in [0.3, 0.4) is 0 Å². The molecule has 0 bridgehead atoms. The van der Waals surface area contributed by atoms with Crippen LogP contribution in [0.5, 0.6) is 0 Å². The highest BCUT2D eigenvalue weighted by molar-refractivity contribution is 5.80. The van der Waals surface area contributed by atoms with Gasteiger partial charge in [-0.2, -0.15) is 0 Å². The highest BCUT2D eigenvalue weighted by Gasteiger charge is 2.50. The molecule has 0 saturated carbocycles. The number of hydrogen-bond acceptors (Lipinski definition) is 6. The Balaban J connectivity index is 2.16. The molecule has 0 radical (unpaired) electrons. The summed E-state index contributed by atoms with van der Waals surface area (Å²) in [5.41, 5.74) is 0. The van der Waals surface area contributed by atoms with Crippen LogP contribution >= 0.6 is 0 Å². The summed E-state index contributed by atoms with van der Waals surface area (Å²) >= 11 is 0. The Morgan fingerprint density at radius 1 is 1.32 bits per heavy atom. The number of hydrogen-bond donors (Lipinski definition) is 4. The van der Waals surface area contributed by atoms with E-state index in [1.165, 1.54) is 9.80 Å². The number of fused-ring (bicyclic) bond motifs is 1. The zero-order chi connectivity index (χ0) is 14.2. The third-order valence-electron chi connectivity index (χ3n) is 3.79. The number of carboxylic acid groups (broad SMARTS) is 1. The third-order valence-corrected chi connectivity index (χ3v) is 3.79. The molecule has 2 heterocycles. The fourth-order valence-corrected chi connectivity index (χ4v) is 2.90. The van der Waals surface area contributed by atoms with Crippen molar-refractivity contribution >= 4 is 11.9 Å². The van der Waals surface area contributed by atoms with Crippen molar-refractivity contribution in [3.63, 3.8) is 0 Å². The molecule has 2 rings (SSSR count). The number of aliphatic hydroxyl groups excluding tert-OH is 3. The van der Waals surface area contributed by atoms with Gasteiger partial charge in [-0.15, -0.1) is 0 Å². The molecule has 0 aromatic rings. The Bertz CT molecular complexity index is 376. The minimum absolute atomic E-state index is 0.0846. The molecular formula is C11H18N2O6. The van der Waals surface area contributed by atoms with Gasteiger partial charge in [0.25, 0.3) is 0 Å². The Kier molecular flexibility index (Phi) is 4.04. The Morgan fingerprint density at radius 2 is 2.00 bits per heavy atom. The van der Waals surface area contributed by atoms with E-state index in [-0.39, 0.29) is 19.0 Å². The monoisotopic (exact) mass is 274 g/mol. The van der Waals surface area contributed by atoms with E-state index in [0.29, 0.717) is 13.0 Å². The third kappa shape index (κ3) is 2.57. The Morgan fingerprint density at radius 3 is 2.58 bits per heavy atom. The van der Waals surface area contributed by atoms with Crippen LogP contribution < -0.4 is 0 Å². The smallest absolute Gasteiger partial charge is 0.317 e. The molecule has 108 valence electrons. The summed E-state index contributed by atoms with van der Waals surface area (Å²) in [6.45, 7) is -0.409. The van der Waals surface area contributed by atoms with E-state index in [0.717, 1.165) is 0 Å². The molecule has 4 N–H and O–H groups in total. The summed E-state index contributed by atoms with van der Waals surface area (Å²) in [4.78, 5) is 25.6. The van der Waals surface area contributed by atoms with Gasteiger partial charge in [-0.25, -0.2) is 0 Å². The van der Waals surface area contributed by atoms with Crippen molar-refractivity contribution in [3.8, 4) is 0 Å². The number of amides is 1. The number of carboxylic acids is 1. The molecule has 1 amide bonds. The van der Waals surface area contributed by atoms with Crippen LogP contribution in [-0.2, 0) is 9.59 Å². The second-order valence-electron chi connectivity index (χ2n) is 4.99. The summed E-state index contributed by atoms with van der Waals surface area (Å²) in [5.74, 6) is -1.40. The van der Waals surface area contributed by atoms with Gasteiger partial charge >= 0.3 is 5.97 Å². The van der Waals surface area contributed by atoms with Crippen LogP contribution in [0.15, 0.2) is 0 Å². The Labute approximate surface area is 109 Å². The maximum absolute atomic E-state index is 12.1. The quantitative estimate of drug-likeness (QED) is 0.434. The molecular weight excluding hydrogens is 256 g/mol. The molecule has 0 aromatic carbocycles. The molecule has 2 aliphatic rings. The number of aliphatic carboxylic acids is 1. The lowest BCUT2D eigenvalue weighted by atomic mass is 10.1. The number of nitrogens with zero attached hydrogens (tertiary/aromatic N) is 2. The minimum Gasteiger partial charge on any atom is -0.480 e. The molecule has 0 unspecified atom stereocenters. The summed E-state index contributed by atoms with van der Waals surface area (Å²) in [6, 6.07) is -1.39. The maximum atomic E-state index is 12.1. The van der Waals surface area contributed by atoms with Crippen LogP contribution in [0.1, 0.15) is 6.42 Å². The first kappa shape index (κ1) is 14.2. The van der Waals surface area contributed by atoms with Gasteiger partial charge in [0.15, 0.2) is 0 Å². The average Bonchev–Trinajstić information content (AvgIpc) is 2.47. The lowest BCUT2D eigenvalue weighted by Crippen LogP contribution is -2.47. The zero-order valence-corrected chi connectivity index (χ0v) is 10.3. The molecule has 2 saturated heterocycles. The van der Waals surface area contributed by atoms with Gasteiger partial charge in [-0.05, 0) is 6.42 Å². The first-order valence-electron chi connectivity index (χ1n) is 6.18. The standard InChI is InChI=1S/C11H18N2O6/c14-5-7-11(19)10(18)6-1-2-12(4-9(16)17)3-8(15)13(6)7/h6-7,10-11,14,18-19H,1-5H2,(H,16,17)/t6-,7+,10+,11+/m1/s1. The molecule has 0 spiro atoms. The van der Waals surface area contributed by atoms with Gasteiger partial charge in [-0.3, -0.25) is 14.5 Å². The van der Waals surface area contributed by atoms with Gasteiger partial charge in [0.1, 0.15) is 12.2 Å². The summed E-state index contributed by atoms with van der Waals surface area (Å²) in [5, 5.41) is 37.7. The van der Waals surface area contributed by atoms with Crippen LogP contribution in [0.25, 0.3) is 0 Å². The molecule has 0 aromatic heterocycles. The molecule has 0 aliphatic carbocycles. The van der Waals surface area contributed by atoms with E-state index in [1.54, 1.807) is 0 Å². The van der Waals surface area contributed by atoms with E-state index in [4.69, 9.17) is 5.11 Å². The van der Waals surface area contributed by atoms with Crippen LogP contribution in [0.2, 0.25) is 0 Å². The number of aliphatic hydroxyl groups is 3. The zero-order valence-electron chi connectivity index (χ0n) is 10.3. The van der Waals surface area contributed by atoms with E-state index in [1.807, 2.05) is 0 Å². The normalized spacial score (nSPS) is 36.2. The van der Waals surface area contributed by atoms with Gasteiger partial charge in [0.05, 0.1) is 31.8 Å². The van der Waals surface area contributed by atoms with Crippen molar-refractivity contribution in [2.75, 3.05) is 26.2 Å². The first-order valence-corrected chi connectivity index (χ1v) is 6.18. The van der Waals surface area contributed by atoms with E-state index in [9.17, 15) is 24.9 Å². The second kappa shape index (κ2) is 5.41. The largest absolute Gasteiger partial charge is 0.480 e. The number of carbonyl (C=O) groups excluding carboxylic acids is 1. The molecule has 8 nitrogen and oxygen atoms in total. The number of carbonyl (C=O) groups is 2. The number of rotatable bonds is 3.